The Hall–Kier alpha value is -2.10. The number of nitrogens with zero attached hydrogens (tertiary/aromatic N) is 2. The Labute approximate surface area is 93.8 Å². The molecule has 0 spiro atoms. The summed E-state index contributed by atoms with van der Waals surface area (Å²) in [5.74, 6) is -0.391. The lowest BCUT2D eigenvalue weighted by Gasteiger charge is -2.10. The lowest BCUT2D eigenvalue weighted by molar-refractivity contribution is -0.163. The van der Waals surface area contributed by atoms with E-state index in [4.69, 9.17) is 4.84 Å². The summed E-state index contributed by atoms with van der Waals surface area (Å²) in [6, 6.07) is 9.59. The Bertz CT molecular complexity index is 412. The van der Waals surface area contributed by atoms with Crippen molar-refractivity contribution in [2.45, 2.75) is 0 Å². The van der Waals surface area contributed by atoms with Crippen molar-refractivity contribution in [3.63, 3.8) is 0 Å². The number of rotatable bonds is 3. The molecular formula is C12H12N2O2. The summed E-state index contributed by atoms with van der Waals surface area (Å²) in [6.45, 7) is 1.31. The maximum absolute atomic E-state index is 11.4. The molecule has 0 saturated carbocycles. The van der Waals surface area contributed by atoms with E-state index in [1.54, 1.807) is 6.08 Å². The van der Waals surface area contributed by atoms with Crippen LogP contribution in [0, 0.1) is 0 Å². The van der Waals surface area contributed by atoms with Gasteiger partial charge in [-0.2, -0.15) is 5.06 Å². The highest BCUT2D eigenvalue weighted by atomic mass is 16.7. The Morgan fingerprint density at radius 3 is 2.88 bits per heavy atom. The van der Waals surface area contributed by atoms with Crippen LogP contribution in [0.15, 0.2) is 41.4 Å². The van der Waals surface area contributed by atoms with Gasteiger partial charge in [0.2, 0.25) is 0 Å². The quantitative estimate of drug-likeness (QED) is 0.719. The second-order valence-electron chi connectivity index (χ2n) is 3.32. The zero-order valence-corrected chi connectivity index (χ0v) is 8.74. The van der Waals surface area contributed by atoms with Crippen molar-refractivity contribution in [3.8, 4) is 0 Å². The third-order valence-electron chi connectivity index (χ3n) is 2.08. The molecule has 0 aliphatic carbocycles. The summed E-state index contributed by atoms with van der Waals surface area (Å²) in [5, 5.41) is 1.43. The summed E-state index contributed by atoms with van der Waals surface area (Å²) >= 11 is 0. The van der Waals surface area contributed by atoms with E-state index in [0.717, 1.165) is 5.56 Å². The van der Waals surface area contributed by atoms with E-state index in [2.05, 4.69) is 4.99 Å². The number of carbonyl (C=O) groups is 1. The smallest absolute Gasteiger partial charge is 0.335 e. The van der Waals surface area contributed by atoms with E-state index >= 15 is 0 Å². The molecule has 82 valence electrons. The molecule has 0 bridgehead atoms. The first-order valence-corrected chi connectivity index (χ1v) is 5.06. The number of hydrogen-bond acceptors (Lipinski definition) is 4. The largest absolute Gasteiger partial charge is 0.356 e. The molecule has 1 aliphatic heterocycles. The van der Waals surface area contributed by atoms with E-state index < -0.39 is 5.97 Å². The molecule has 0 unspecified atom stereocenters. The molecule has 16 heavy (non-hydrogen) atoms. The van der Waals surface area contributed by atoms with Gasteiger partial charge in [0.1, 0.15) is 6.34 Å². The van der Waals surface area contributed by atoms with Gasteiger partial charge in [0.15, 0.2) is 0 Å². The van der Waals surface area contributed by atoms with Crippen LogP contribution in [-0.2, 0) is 9.63 Å². The molecule has 1 heterocycles. The molecule has 0 aromatic heterocycles. The molecule has 0 radical (unpaired) electrons. The number of aliphatic imine (C=N–C) groups is 1. The van der Waals surface area contributed by atoms with Crippen LogP contribution in [0.5, 0.6) is 0 Å². The molecule has 2 rings (SSSR count). The van der Waals surface area contributed by atoms with Crippen LogP contribution < -0.4 is 0 Å². The minimum atomic E-state index is -0.391. The fraction of sp³-hybridized carbons (Fsp3) is 0.167. The molecule has 0 amide bonds. The minimum Gasteiger partial charge on any atom is -0.335 e. The third-order valence-corrected chi connectivity index (χ3v) is 2.08. The van der Waals surface area contributed by atoms with Gasteiger partial charge in [-0.25, -0.2) is 4.79 Å². The Kier molecular flexibility index (Phi) is 3.33. The van der Waals surface area contributed by atoms with E-state index in [-0.39, 0.29) is 0 Å². The van der Waals surface area contributed by atoms with E-state index in [1.807, 2.05) is 30.3 Å². The maximum Gasteiger partial charge on any atom is 0.356 e. The summed E-state index contributed by atoms with van der Waals surface area (Å²) in [4.78, 5) is 20.3. The van der Waals surface area contributed by atoms with Gasteiger partial charge in [-0.05, 0) is 11.6 Å². The van der Waals surface area contributed by atoms with Gasteiger partial charge in [0.25, 0.3) is 0 Å². The maximum atomic E-state index is 11.4. The summed E-state index contributed by atoms with van der Waals surface area (Å²) in [6.07, 6.45) is 4.64. The Balaban J connectivity index is 1.87. The van der Waals surface area contributed by atoms with E-state index in [9.17, 15) is 4.79 Å². The molecule has 1 aliphatic rings. The van der Waals surface area contributed by atoms with Crippen molar-refractivity contribution in [3.05, 3.63) is 42.0 Å². The molecule has 1 aromatic rings. The van der Waals surface area contributed by atoms with Gasteiger partial charge in [0, 0.05) is 6.08 Å². The standard InChI is InChI=1S/C12H12N2O2/c15-12(16-14-9-8-13-10-14)7-6-11-4-2-1-3-5-11/h1-7,10H,8-9H2/b7-6+. The normalized spacial score (nSPS) is 14.6. The minimum absolute atomic E-state index is 0.391. The Morgan fingerprint density at radius 1 is 1.38 bits per heavy atom. The predicted octanol–water partition coefficient (Wildman–Crippen LogP) is 1.50. The van der Waals surface area contributed by atoms with Crippen LogP contribution in [0.25, 0.3) is 6.08 Å². The van der Waals surface area contributed by atoms with Crippen LogP contribution in [0.1, 0.15) is 5.56 Å². The van der Waals surface area contributed by atoms with Gasteiger partial charge in [-0.3, -0.25) is 4.99 Å². The first-order valence-electron chi connectivity index (χ1n) is 5.06. The van der Waals surface area contributed by atoms with E-state index in [0.29, 0.717) is 13.1 Å². The topological polar surface area (TPSA) is 41.9 Å². The van der Waals surface area contributed by atoms with Gasteiger partial charge < -0.3 is 4.84 Å². The fourth-order valence-corrected chi connectivity index (χ4v) is 1.31. The molecule has 0 N–H and O–H groups in total. The highest BCUT2D eigenvalue weighted by Gasteiger charge is 2.08. The summed E-state index contributed by atoms with van der Waals surface area (Å²) in [7, 11) is 0. The van der Waals surface area contributed by atoms with Crippen molar-refractivity contribution in [1.82, 2.24) is 5.06 Å². The molecule has 1 aromatic carbocycles. The fourth-order valence-electron chi connectivity index (χ4n) is 1.31. The average Bonchev–Trinajstić information content (AvgIpc) is 2.81. The number of hydrogen-bond donors (Lipinski definition) is 0. The van der Waals surface area contributed by atoms with E-state index in [1.165, 1.54) is 17.5 Å². The predicted molar refractivity (Wildman–Crippen MR) is 61.6 cm³/mol. The van der Waals surface area contributed by atoms with Crippen LogP contribution in [-0.4, -0.2) is 30.5 Å². The molecule has 0 saturated heterocycles. The van der Waals surface area contributed by atoms with Gasteiger partial charge >= 0.3 is 5.97 Å². The molecule has 0 fully saturated rings. The van der Waals surface area contributed by atoms with Gasteiger partial charge in [-0.1, -0.05) is 30.3 Å². The van der Waals surface area contributed by atoms with Crippen molar-refractivity contribution >= 4 is 18.4 Å². The second-order valence-corrected chi connectivity index (χ2v) is 3.32. The molecule has 4 nitrogen and oxygen atoms in total. The van der Waals surface area contributed by atoms with Crippen molar-refractivity contribution < 1.29 is 9.63 Å². The van der Waals surface area contributed by atoms with Gasteiger partial charge in [0.05, 0.1) is 13.1 Å². The number of benzene rings is 1. The molecular weight excluding hydrogens is 204 g/mol. The summed E-state index contributed by atoms with van der Waals surface area (Å²) in [5.41, 5.74) is 0.967. The monoisotopic (exact) mass is 216 g/mol. The zero-order chi connectivity index (χ0) is 11.2. The van der Waals surface area contributed by atoms with Crippen molar-refractivity contribution in [2.24, 2.45) is 4.99 Å². The highest BCUT2D eigenvalue weighted by Crippen LogP contribution is 2.02. The lowest BCUT2D eigenvalue weighted by Crippen LogP contribution is -2.23. The van der Waals surface area contributed by atoms with Crippen molar-refractivity contribution in [1.29, 1.82) is 0 Å². The summed E-state index contributed by atoms with van der Waals surface area (Å²) < 4.78 is 0. The first-order chi connectivity index (χ1) is 7.84. The number of carbonyl (C=O) groups excluding carboxylic acids is 1. The third kappa shape index (κ3) is 2.95. The highest BCUT2D eigenvalue weighted by molar-refractivity contribution is 5.87. The van der Waals surface area contributed by atoms with Crippen LogP contribution >= 0.6 is 0 Å². The van der Waals surface area contributed by atoms with Gasteiger partial charge in [-0.15, -0.1) is 0 Å². The van der Waals surface area contributed by atoms with Crippen LogP contribution in [0.4, 0.5) is 0 Å². The lowest BCUT2D eigenvalue weighted by atomic mass is 10.2. The molecule has 0 atom stereocenters. The zero-order valence-electron chi connectivity index (χ0n) is 8.74. The van der Waals surface area contributed by atoms with Crippen LogP contribution in [0.2, 0.25) is 0 Å². The SMILES string of the molecule is O=C(/C=C/c1ccccc1)ON1C=NCC1. The van der Waals surface area contributed by atoms with Crippen LogP contribution in [0.3, 0.4) is 0 Å². The van der Waals surface area contributed by atoms with Crippen molar-refractivity contribution in [2.75, 3.05) is 13.1 Å². The first kappa shape index (κ1) is 10.4. The number of hydroxylamine groups is 2. The average molecular weight is 216 g/mol. The Morgan fingerprint density at radius 2 is 2.19 bits per heavy atom. The molecule has 4 heteroatoms. The second kappa shape index (κ2) is 5.11.